The molecule has 0 saturated heterocycles. The van der Waals surface area contributed by atoms with Gasteiger partial charge in [0.1, 0.15) is 0 Å². The summed E-state index contributed by atoms with van der Waals surface area (Å²) in [7, 11) is 0. The quantitative estimate of drug-likeness (QED) is 0.513. The zero-order valence-corrected chi connectivity index (χ0v) is 17.4. The highest BCUT2D eigenvalue weighted by Gasteiger charge is 2.41. The molecule has 27 heavy (non-hydrogen) atoms. The van der Waals surface area contributed by atoms with Gasteiger partial charge in [-0.05, 0) is 82.0 Å². The average molecular weight is 387 g/mol. The summed E-state index contributed by atoms with van der Waals surface area (Å²) in [6, 6.07) is 0. The van der Waals surface area contributed by atoms with Crippen LogP contribution >= 0.6 is 0 Å². The number of hydrogen-bond donors (Lipinski definition) is 0. The van der Waals surface area contributed by atoms with Crippen LogP contribution in [-0.2, 0) is 9.47 Å². The molecule has 0 radical (unpaired) electrons. The second-order valence-corrected chi connectivity index (χ2v) is 9.30. The summed E-state index contributed by atoms with van der Waals surface area (Å²) in [4.78, 5) is 0. The maximum Gasteiger partial charge on any atom is 0.160 e. The van der Waals surface area contributed by atoms with Crippen molar-refractivity contribution >= 4 is 0 Å². The van der Waals surface area contributed by atoms with Crippen LogP contribution in [-0.4, -0.2) is 37.8 Å². The summed E-state index contributed by atoms with van der Waals surface area (Å²) in [5.74, 6) is 3.33. The summed E-state index contributed by atoms with van der Waals surface area (Å²) < 4.78 is 39.7. The third-order valence-electron chi connectivity index (χ3n) is 7.70. The topological polar surface area (TPSA) is 18.5 Å². The Morgan fingerprint density at radius 2 is 1.11 bits per heavy atom. The van der Waals surface area contributed by atoms with Gasteiger partial charge in [0, 0.05) is 13.2 Å². The van der Waals surface area contributed by atoms with Crippen LogP contribution in [0.15, 0.2) is 0 Å². The Morgan fingerprint density at radius 3 is 1.59 bits per heavy atom. The molecule has 0 aromatic rings. The van der Waals surface area contributed by atoms with Gasteiger partial charge in [0.25, 0.3) is 0 Å². The highest BCUT2D eigenvalue weighted by molar-refractivity contribution is 4.90. The predicted molar refractivity (Wildman–Crippen MR) is 105 cm³/mol. The first-order valence-electron chi connectivity index (χ1n) is 11.6. The zero-order valence-electron chi connectivity index (χ0n) is 17.4. The van der Waals surface area contributed by atoms with E-state index in [2.05, 4.69) is 6.92 Å². The lowest BCUT2D eigenvalue weighted by Gasteiger charge is -2.38. The van der Waals surface area contributed by atoms with E-state index >= 15 is 0 Å². The smallest absolute Gasteiger partial charge is 0.160 e. The van der Waals surface area contributed by atoms with Crippen LogP contribution in [0.5, 0.6) is 0 Å². The van der Waals surface area contributed by atoms with Crippen molar-refractivity contribution in [3.8, 4) is 0 Å². The normalized spacial score (nSPS) is 43.6. The van der Waals surface area contributed by atoms with Crippen molar-refractivity contribution in [2.24, 2.45) is 23.7 Å². The van der Waals surface area contributed by atoms with Crippen molar-refractivity contribution < 1.29 is 18.3 Å². The van der Waals surface area contributed by atoms with Crippen LogP contribution in [0.25, 0.3) is 0 Å². The Labute approximate surface area is 164 Å². The Hall–Kier alpha value is -0.220. The van der Waals surface area contributed by atoms with Crippen LogP contribution in [0.2, 0.25) is 0 Å². The van der Waals surface area contributed by atoms with E-state index in [-0.39, 0.29) is 0 Å². The first-order valence-corrected chi connectivity index (χ1v) is 11.6. The minimum atomic E-state index is -1.54. The van der Waals surface area contributed by atoms with Crippen molar-refractivity contribution in [3.63, 3.8) is 0 Å². The fraction of sp³-hybridized carbons (Fsp3) is 1.00. The summed E-state index contributed by atoms with van der Waals surface area (Å²) in [6.07, 6.45) is 8.92. The molecule has 2 nitrogen and oxygen atoms in total. The van der Waals surface area contributed by atoms with E-state index in [9.17, 15) is 8.78 Å². The molecule has 0 N–H and O–H groups in total. The summed E-state index contributed by atoms with van der Waals surface area (Å²) >= 11 is 0. The molecule has 0 amide bonds. The molecule has 0 heterocycles. The van der Waals surface area contributed by atoms with Crippen LogP contribution in [0.3, 0.4) is 0 Å². The lowest BCUT2D eigenvalue weighted by atomic mass is 9.69. The molecule has 3 aliphatic carbocycles. The van der Waals surface area contributed by atoms with Gasteiger partial charge in [0.2, 0.25) is 0 Å². The Balaban J connectivity index is 1.35. The van der Waals surface area contributed by atoms with Gasteiger partial charge in [-0.15, -0.1) is 0 Å². The van der Waals surface area contributed by atoms with Gasteiger partial charge in [-0.25, -0.2) is 8.78 Å². The van der Waals surface area contributed by atoms with Crippen molar-refractivity contribution in [2.75, 3.05) is 13.2 Å². The van der Waals surface area contributed by atoms with Crippen LogP contribution in [0, 0.1) is 23.7 Å². The molecule has 3 fully saturated rings. The molecule has 4 unspecified atom stereocenters. The Bertz CT molecular complexity index is 417. The molecule has 3 saturated carbocycles. The first kappa shape index (κ1) is 21.5. The van der Waals surface area contributed by atoms with E-state index < -0.39 is 24.6 Å². The molecule has 0 aromatic carbocycles. The third-order valence-corrected chi connectivity index (χ3v) is 7.70. The zero-order chi connectivity index (χ0) is 19.2. The molecule has 0 bridgehead atoms. The standard InChI is InChI=1S/C23H40F2O2/c1-3-16-5-9-18(10-6-16)19-11-7-17(8-12-19)15-27-21-14-13-20(26-4-2)22(24)23(21)25/h16-23H,3-15H2,1-2H3. The number of halogens is 2. The molecule has 4 heteroatoms. The van der Waals surface area contributed by atoms with E-state index in [1.54, 1.807) is 0 Å². The Morgan fingerprint density at radius 1 is 0.630 bits per heavy atom. The van der Waals surface area contributed by atoms with Gasteiger partial charge in [-0.3, -0.25) is 0 Å². The molecule has 3 aliphatic rings. The maximum absolute atomic E-state index is 14.4. The largest absolute Gasteiger partial charge is 0.375 e. The fourth-order valence-corrected chi connectivity index (χ4v) is 5.78. The van der Waals surface area contributed by atoms with Crippen molar-refractivity contribution in [1.82, 2.24) is 0 Å². The van der Waals surface area contributed by atoms with Gasteiger partial charge in [0.15, 0.2) is 12.3 Å². The van der Waals surface area contributed by atoms with Crippen molar-refractivity contribution in [2.45, 2.75) is 109 Å². The predicted octanol–water partition coefficient (Wildman–Crippen LogP) is 6.27. The van der Waals surface area contributed by atoms with E-state index in [1.807, 2.05) is 6.92 Å². The summed E-state index contributed by atoms with van der Waals surface area (Å²) in [5, 5.41) is 0. The van der Waals surface area contributed by atoms with Gasteiger partial charge >= 0.3 is 0 Å². The van der Waals surface area contributed by atoms with E-state index in [1.165, 1.54) is 57.8 Å². The van der Waals surface area contributed by atoms with E-state index in [4.69, 9.17) is 9.47 Å². The van der Waals surface area contributed by atoms with E-state index in [0.29, 0.717) is 32.0 Å². The van der Waals surface area contributed by atoms with Crippen LogP contribution < -0.4 is 0 Å². The van der Waals surface area contributed by atoms with Gasteiger partial charge < -0.3 is 9.47 Å². The molecular weight excluding hydrogens is 346 g/mol. The van der Waals surface area contributed by atoms with Crippen molar-refractivity contribution in [1.29, 1.82) is 0 Å². The first-order chi connectivity index (χ1) is 13.1. The lowest BCUT2D eigenvalue weighted by molar-refractivity contribution is -0.122. The molecule has 4 atom stereocenters. The Kier molecular flexibility index (Phi) is 8.38. The highest BCUT2D eigenvalue weighted by Crippen LogP contribution is 2.42. The van der Waals surface area contributed by atoms with Crippen LogP contribution in [0.1, 0.15) is 84.5 Å². The minimum Gasteiger partial charge on any atom is -0.375 e. The number of hydrogen-bond acceptors (Lipinski definition) is 2. The average Bonchev–Trinajstić information content (AvgIpc) is 2.71. The summed E-state index contributed by atoms with van der Waals surface area (Å²) in [5.41, 5.74) is 0. The SMILES string of the molecule is CCOC1CCC(OCC2CCC(C3CCC(CC)CC3)CC2)C(F)C1F. The summed E-state index contributed by atoms with van der Waals surface area (Å²) in [6.45, 7) is 5.19. The van der Waals surface area contributed by atoms with E-state index in [0.717, 1.165) is 17.8 Å². The van der Waals surface area contributed by atoms with Crippen molar-refractivity contribution in [3.05, 3.63) is 0 Å². The second-order valence-electron chi connectivity index (χ2n) is 9.30. The molecule has 158 valence electrons. The highest BCUT2D eigenvalue weighted by atomic mass is 19.2. The maximum atomic E-state index is 14.4. The minimum absolute atomic E-state index is 0.437. The van der Waals surface area contributed by atoms with Gasteiger partial charge in [-0.2, -0.15) is 0 Å². The molecular formula is C23H40F2O2. The lowest BCUT2D eigenvalue weighted by Crippen LogP contribution is -2.47. The molecule has 3 rings (SSSR count). The second kappa shape index (κ2) is 10.5. The van der Waals surface area contributed by atoms with Gasteiger partial charge in [0.05, 0.1) is 12.2 Å². The van der Waals surface area contributed by atoms with Gasteiger partial charge in [-0.1, -0.05) is 26.2 Å². The monoisotopic (exact) mass is 386 g/mol. The van der Waals surface area contributed by atoms with Crippen LogP contribution in [0.4, 0.5) is 8.78 Å². The number of rotatable bonds is 7. The number of ether oxygens (including phenoxy) is 2. The third kappa shape index (κ3) is 5.65. The molecule has 0 aliphatic heterocycles. The molecule has 0 spiro atoms. The number of alkyl halides is 2. The molecule has 0 aromatic heterocycles. The fourth-order valence-electron chi connectivity index (χ4n) is 5.78.